The van der Waals surface area contributed by atoms with Crippen LogP contribution in [0.4, 0.5) is 10.1 Å². The molecule has 0 saturated carbocycles. The smallest absolute Gasteiger partial charge is 0.253 e. The summed E-state index contributed by atoms with van der Waals surface area (Å²) >= 11 is 0. The van der Waals surface area contributed by atoms with E-state index in [1.54, 1.807) is 16.8 Å². The molecule has 39 heavy (non-hydrogen) atoms. The Labute approximate surface area is 225 Å². The van der Waals surface area contributed by atoms with Crippen molar-refractivity contribution in [1.29, 1.82) is 0 Å². The fourth-order valence-electron chi connectivity index (χ4n) is 5.36. The molecule has 2 aromatic heterocycles. The van der Waals surface area contributed by atoms with Gasteiger partial charge in [0.15, 0.2) is 5.82 Å². The molecule has 6 rings (SSSR count). The van der Waals surface area contributed by atoms with Gasteiger partial charge in [0.1, 0.15) is 11.9 Å². The van der Waals surface area contributed by atoms with Gasteiger partial charge in [-0.1, -0.05) is 30.3 Å². The van der Waals surface area contributed by atoms with Gasteiger partial charge in [-0.25, -0.2) is 9.07 Å². The summed E-state index contributed by atoms with van der Waals surface area (Å²) in [6.45, 7) is 7.45. The minimum atomic E-state index is -0.436. The van der Waals surface area contributed by atoms with Crippen molar-refractivity contribution in [2.24, 2.45) is 0 Å². The van der Waals surface area contributed by atoms with Gasteiger partial charge in [0, 0.05) is 42.9 Å². The van der Waals surface area contributed by atoms with E-state index >= 15 is 0 Å². The van der Waals surface area contributed by atoms with Gasteiger partial charge >= 0.3 is 0 Å². The fraction of sp³-hybridized carbons (Fsp3) is 0.267. The number of nitrogens with zero attached hydrogens (tertiary/aromatic N) is 6. The molecule has 1 atom stereocenters. The standard InChI is InChI=1S/C30H30FN7O/c1-20-16-23-18-26(30(39)32-27(23)17-21(20)2)28(29-33-34-35-38(29)19-22-6-4-3-5-7-22)37-14-12-36(13-15-37)25-10-8-24(31)9-11-25/h3-11,16-18,28H,12-15,19H2,1-2H3,(H,32,39)/t28-/m1/s1. The van der Waals surface area contributed by atoms with Crippen molar-refractivity contribution in [3.8, 4) is 0 Å². The van der Waals surface area contributed by atoms with Crippen LogP contribution in [-0.4, -0.2) is 56.3 Å². The van der Waals surface area contributed by atoms with Crippen molar-refractivity contribution in [3.63, 3.8) is 0 Å². The first-order chi connectivity index (χ1) is 19.0. The summed E-state index contributed by atoms with van der Waals surface area (Å²) < 4.78 is 15.3. The molecule has 0 aliphatic carbocycles. The molecule has 1 aliphatic rings. The van der Waals surface area contributed by atoms with E-state index in [1.165, 1.54) is 17.7 Å². The maximum atomic E-state index is 13.6. The third-order valence-corrected chi connectivity index (χ3v) is 7.63. The number of tetrazole rings is 1. The lowest BCUT2D eigenvalue weighted by molar-refractivity contribution is 0.200. The van der Waals surface area contributed by atoms with Gasteiger partial charge < -0.3 is 9.88 Å². The van der Waals surface area contributed by atoms with E-state index < -0.39 is 6.04 Å². The van der Waals surface area contributed by atoms with E-state index in [0.717, 1.165) is 40.8 Å². The second-order valence-corrected chi connectivity index (χ2v) is 10.2. The van der Waals surface area contributed by atoms with Crippen LogP contribution in [0.3, 0.4) is 0 Å². The molecule has 8 nitrogen and oxygen atoms in total. The molecule has 0 unspecified atom stereocenters. The first kappa shape index (κ1) is 24.9. The number of fused-ring (bicyclic) bond motifs is 1. The van der Waals surface area contributed by atoms with Gasteiger partial charge in [-0.15, -0.1) is 5.10 Å². The van der Waals surface area contributed by atoms with E-state index in [1.807, 2.05) is 49.4 Å². The average molecular weight is 524 g/mol. The zero-order valence-electron chi connectivity index (χ0n) is 22.0. The van der Waals surface area contributed by atoms with Gasteiger partial charge in [-0.3, -0.25) is 9.69 Å². The first-order valence-electron chi connectivity index (χ1n) is 13.1. The molecule has 0 spiro atoms. The number of halogens is 1. The number of H-pyrrole nitrogens is 1. The van der Waals surface area contributed by atoms with Crippen LogP contribution in [0.5, 0.6) is 0 Å². The summed E-state index contributed by atoms with van der Waals surface area (Å²) in [6, 6.07) is 22.3. The van der Waals surface area contributed by atoms with E-state index in [2.05, 4.69) is 43.3 Å². The third kappa shape index (κ3) is 5.05. The maximum absolute atomic E-state index is 13.6. The lowest BCUT2D eigenvalue weighted by Crippen LogP contribution is -2.49. The number of benzene rings is 3. The van der Waals surface area contributed by atoms with Crippen LogP contribution < -0.4 is 10.5 Å². The van der Waals surface area contributed by atoms with Crippen LogP contribution in [-0.2, 0) is 6.54 Å². The molecule has 1 N–H and O–H groups in total. The highest BCUT2D eigenvalue weighted by molar-refractivity contribution is 5.81. The second-order valence-electron chi connectivity index (χ2n) is 10.2. The zero-order chi connectivity index (χ0) is 26.9. The summed E-state index contributed by atoms with van der Waals surface area (Å²) in [5, 5.41) is 13.8. The molecule has 1 fully saturated rings. The maximum Gasteiger partial charge on any atom is 0.253 e. The van der Waals surface area contributed by atoms with E-state index in [9.17, 15) is 9.18 Å². The number of aromatic nitrogens is 5. The second kappa shape index (κ2) is 10.4. The van der Waals surface area contributed by atoms with E-state index in [0.29, 0.717) is 31.0 Å². The molecule has 5 aromatic rings. The van der Waals surface area contributed by atoms with Crippen LogP contribution >= 0.6 is 0 Å². The summed E-state index contributed by atoms with van der Waals surface area (Å²) in [7, 11) is 0. The Morgan fingerprint density at radius 1 is 0.923 bits per heavy atom. The van der Waals surface area contributed by atoms with Crippen molar-refractivity contribution in [3.05, 3.63) is 117 Å². The molecule has 1 saturated heterocycles. The summed E-state index contributed by atoms with van der Waals surface area (Å²) in [5.41, 5.74) is 5.64. The molecule has 0 radical (unpaired) electrons. The van der Waals surface area contributed by atoms with Gasteiger partial charge in [0.25, 0.3) is 5.56 Å². The Balaban J connectivity index is 1.39. The lowest BCUT2D eigenvalue weighted by atomic mass is 10.00. The minimum absolute atomic E-state index is 0.147. The zero-order valence-corrected chi connectivity index (χ0v) is 22.0. The Kier molecular flexibility index (Phi) is 6.66. The van der Waals surface area contributed by atoms with Crippen LogP contribution in [0, 0.1) is 19.7 Å². The minimum Gasteiger partial charge on any atom is -0.369 e. The van der Waals surface area contributed by atoms with Crippen molar-refractivity contribution in [2.75, 3.05) is 31.1 Å². The molecule has 1 aliphatic heterocycles. The van der Waals surface area contributed by atoms with Gasteiger partial charge in [-0.05, 0) is 88.8 Å². The quantitative estimate of drug-likeness (QED) is 0.359. The fourth-order valence-corrected chi connectivity index (χ4v) is 5.36. The number of nitrogens with one attached hydrogen (secondary N) is 1. The van der Waals surface area contributed by atoms with Gasteiger partial charge in [-0.2, -0.15) is 0 Å². The lowest BCUT2D eigenvalue weighted by Gasteiger charge is -2.39. The van der Waals surface area contributed by atoms with Crippen molar-refractivity contribution in [2.45, 2.75) is 26.4 Å². The van der Waals surface area contributed by atoms with Crippen LogP contribution in [0.1, 0.15) is 34.1 Å². The van der Waals surface area contributed by atoms with Crippen molar-refractivity contribution in [1.82, 2.24) is 30.1 Å². The highest BCUT2D eigenvalue weighted by atomic mass is 19.1. The van der Waals surface area contributed by atoms with Gasteiger partial charge in [0.2, 0.25) is 0 Å². The normalized spacial score (nSPS) is 15.1. The summed E-state index contributed by atoms with van der Waals surface area (Å²) in [5.74, 6) is 0.381. The van der Waals surface area contributed by atoms with Crippen molar-refractivity contribution < 1.29 is 4.39 Å². The van der Waals surface area contributed by atoms with Crippen LogP contribution in [0.2, 0.25) is 0 Å². The number of hydrogen-bond donors (Lipinski definition) is 1. The molecule has 3 aromatic carbocycles. The number of rotatable bonds is 6. The van der Waals surface area contributed by atoms with E-state index in [-0.39, 0.29) is 11.4 Å². The molecule has 3 heterocycles. The summed E-state index contributed by atoms with van der Waals surface area (Å²) in [6.07, 6.45) is 0. The SMILES string of the molecule is Cc1cc2cc([C@H](c3nnnn3Cc3ccccc3)N3CCN(c4ccc(F)cc4)CC3)c(=O)[nH]c2cc1C. The largest absolute Gasteiger partial charge is 0.369 e. The number of aryl methyl sites for hydroxylation is 2. The molecular weight excluding hydrogens is 493 g/mol. The number of piperazine rings is 1. The number of anilines is 1. The Bertz CT molecular complexity index is 1660. The first-order valence-corrected chi connectivity index (χ1v) is 13.1. The predicted molar refractivity (Wildman–Crippen MR) is 149 cm³/mol. The Morgan fingerprint density at radius 2 is 1.64 bits per heavy atom. The molecule has 0 amide bonds. The number of pyridine rings is 1. The highest BCUT2D eigenvalue weighted by Gasteiger charge is 2.33. The summed E-state index contributed by atoms with van der Waals surface area (Å²) in [4.78, 5) is 21.2. The average Bonchev–Trinajstić information content (AvgIpc) is 3.39. The van der Waals surface area contributed by atoms with Crippen molar-refractivity contribution >= 4 is 16.6 Å². The Morgan fingerprint density at radius 3 is 2.38 bits per heavy atom. The molecule has 198 valence electrons. The monoisotopic (exact) mass is 523 g/mol. The highest BCUT2D eigenvalue weighted by Crippen LogP contribution is 2.30. The molecular formula is C30H30FN7O. The third-order valence-electron chi connectivity index (χ3n) is 7.63. The predicted octanol–water partition coefficient (Wildman–Crippen LogP) is 4.23. The number of hydrogen-bond acceptors (Lipinski definition) is 6. The van der Waals surface area contributed by atoms with E-state index in [4.69, 9.17) is 0 Å². The molecule has 0 bridgehead atoms. The van der Waals surface area contributed by atoms with Crippen LogP contribution in [0.15, 0.2) is 77.6 Å². The number of aromatic amines is 1. The topological polar surface area (TPSA) is 82.9 Å². The van der Waals surface area contributed by atoms with Gasteiger partial charge in [0.05, 0.1) is 6.54 Å². The van der Waals surface area contributed by atoms with Crippen LogP contribution in [0.25, 0.3) is 10.9 Å². The molecule has 9 heteroatoms. The Hall–Kier alpha value is -4.37.